The van der Waals surface area contributed by atoms with Gasteiger partial charge in [-0.05, 0) is 51.4 Å². The van der Waals surface area contributed by atoms with Crippen molar-refractivity contribution in [2.24, 2.45) is 0 Å². The molecule has 0 fully saturated rings. The van der Waals surface area contributed by atoms with E-state index in [2.05, 4.69) is 67.8 Å². The summed E-state index contributed by atoms with van der Waals surface area (Å²) in [5.41, 5.74) is 0. The number of phosphoric ester groups is 1. The SMILES string of the molecule is CC/C=C\C/C=C\C/C=C\C/C=C\CCCCCCCCCCCCCCCCCCCCCCCCCCCCCCC(=O)NC(COP(=O)(O)OCC[N+](C)(C)C)C(O)CCCCCCCCC. The molecule has 0 aromatic carbocycles. The first kappa shape index (κ1) is 68.5. The van der Waals surface area contributed by atoms with Crippen LogP contribution in [-0.2, 0) is 18.4 Å². The fraction of sp³-hybridized carbons (Fsp3) is 0.852. The first-order valence-corrected chi connectivity index (χ1v) is 31.5. The zero-order chi connectivity index (χ0) is 51.3. The lowest BCUT2D eigenvalue weighted by atomic mass is 10.0. The molecule has 0 spiro atoms. The smallest absolute Gasteiger partial charge is 0.391 e. The van der Waals surface area contributed by atoms with Crippen LogP contribution in [0.5, 0.6) is 0 Å². The average Bonchev–Trinajstić information content (AvgIpc) is 3.32. The molecular weight excluding hydrogens is 888 g/mol. The van der Waals surface area contributed by atoms with Gasteiger partial charge < -0.3 is 19.8 Å². The lowest BCUT2D eigenvalue weighted by molar-refractivity contribution is -0.870. The first-order chi connectivity index (χ1) is 34.0. The van der Waals surface area contributed by atoms with E-state index in [0.717, 1.165) is 64.2 Å². The number of carbonyl (C=O) groups excluding carboxylic acids is 1. The van der Waals surface area contributed by atoms with Crippen molar-refractivity contribution < 1.29 is 32.9 Å². The summed E-state index contributed by atoms with van der Waals surface area (Å²) >= 11 is 0. The van der Waals surface area contributed by atoms with Gasteiger partial charge in [-0.2, -0.15) is 0 Å². The van der Waals surface area contributed by atoms with E-state index in [1.807, 2.05) is 21.1 Å². The average molecular weight is 1010 g/mol. The van der Waals surface area contributed by atoms with Gasteiger partial charge in [-0.15, -0.1) is 0 Å². The predicted octanol–water partition coefficient (Wildman–Crippen LogP) is 18.3. The Morgan fingerprint density at radius 1 is 0.500 bits per heavy atom. The number of hydrogen-bond acceptors (Lipinski definition) is 5. The summed E-state index contributed by atoms with van der Waals surface area (Å²) in [7, 11) is 1.62. The molecule has 9 heteroatoms. The van der Waals surface area contributed by atoms with Crippen molar-refractivity contribution in [1.82, 2.24) is 5.32 Å². The Labute approximate surface area is 435 Å². The van der Waals surface area contributed by atoms with Crippen LogP contribution in [0.2, 0.25) is 0 Å². The van der Waals surface area contributed by atoms with E-state index in [1.54, 1.807) is 0 Å². The Hall–Kier alpha value is -1.54. The van der Waals surface area contributed by atoms with Crippen molar-refractivity contribution in [3.63, 3.8) is 0 Å². The van der Waals surface area contributed by atoms with E-state index in [0.29, 0.717) is 23.9 Å². The van der Waals surface area contributed by atoms with Gasteiger partial charge in [-0.3, -0.25) is 13.8 Å². The number of likely N-dealkylation sites (N-methyl/N-ethyl adjacent to an activating group) is 1. The van der Waals surface area contributed by atoms with Crippen LogP contribution < -0.4 is 5.32 Å². The highest BCUT2D eigenvalue weighted by molar-refractivity contribution is 7.47. The van der Waals surface area contributed by atoms with Gasteiger partial charge in [0.25, 0.3) is 0 Å². The number of hydrogen-bond donors (Lipinski definition) is 3. The third kappa shape index (κ3) is 54.2. The van der Waals surface area contributed by atoms with E-state index < -0.39 is 20.0 Å². The van der Waals surface area contributed by atoms with Gasteiger partial charge in [0.05, 0.1) is 39.9 Å². The van der Waals surface area contributed by atoms with E-state index in [-0.39, 0.29) is 19.1 Å². The molecule has 0 bridgehead atoms. The quantitative estimate of drug-likeness (QED) is 0.0243. The highest BCUT2D eigenvalue weighted by Gasteiger charge is 2.28. The number of unbranched alkanes of at least 4 members (excludes halogenated alkanes) is 34. The van der Waals surface area contributed by atoms with Crippen molar-refractivity contribution in [1.29, 1.82) is 0 Å². The maximum absolute atomic E-state index is 12.9. The van der Waals surface area contributed by atoms with Gasteiger partial charge in [0.15, 0.2) is 0 Å². The highest BCUT2D eigenvalue weighted by Crippen LogP contribution is 2.43. The van der Waals surface area contributed by atoms with Crippen LogP contribution in [0.3, 0.4) is 0 Å². The number of phosphoric acid groups is 1. The Bertz CT molecular complexity index is 1280. The van der Waals surface area contributed by atoms with Crippen LogP contribution in [0, 0.1) is 0 Å². The van der Waals surface area contributed by atoms with Crippen LogP contribution in [0.1, 0.15) is 284 Å². The van der Waals surface area contributed by atoms with E-state index in [1.165, 1.54) is 193 Å². The minimum absolute atomic E-state index is 0.0760. The fourth-order valence-electron chi connectivity index (χ4n) is 8.92. The molecule has 0 rings (SSSR count). The fourth-order valence-corrected chi connectivity index (χ4v) is 9.66. The summed E-state index contributed by atoms with van der Waals surface area (Å²) in [6.07, 6.45) is 69.6. The standard InChI is InChI=1S/C61H117N2O6P/c1-6-8-10-12-14-15-16-17-18-19-20-21-22-23-24-25-26-27-28-29-30-31-32-33-34-35-36-37-38-39-40-41-42-43-44-45-46-47-49-51-53-55-61(65)62-59(60(64)54-52-50-48-13-11-9-7-2)58-69-70(66,67)68-57-56-63(3,4)5/h8,10,14-15,17-18,20-21,59-60,64H,6-7,9,11-13,16,19,22-58H2,1-5H3,(H-,62,65,66,67)/p+1/b10-8-,15-14-,18-17-,21-20-. The summed E-state index contributed by atoms with van der Waals surface area (Å²) < 4.78 is 23.6. The summed E-state index contributed by atoms with van der Waals surface area (Å²) in [5, 5.41) is 13.9. The third-order valence-corrected chi connectivity index (χ3v) is 14.6. The molecule has 412 valence electrons. The van der Waals surface area contributed by atoms with Gasteiger partial charge >= 0.3 is 7.82 Å². The van der Waals surface area contributed by atoms with Crippen LogP contribution in [0.4, 0.5) is 0 Å². The molecule has 0 aliphatic carbocycles. The molecule has 3 unspecified atom stereocenters. The van der Waals surface area contributed by atoms with Crippen molar-refractivity contribution in [2.45, 2.75) is 296 Å². The molecule has 0 heterocycles. The molecule has 0 aliphatic rings. The van der Waals surface area contributed by atoms with E-state index in [9.17, 15) is 19.4 Å². The molecule has 0 aromatic heterocycles. The van der Waals surface area contributed by atoms with E-state index >= 15 is 0 Å². The number of nitrogens with one attached hydrogen (secondary N) is 1. The number of quaternary nitrogens is 1. The minimum Gasteiger partial charge on any atom is -0.391 e. The summed E-state index contributed by atoms with van der Waals surface area (Å²) in [5.74, 6) is -0.144. The Morgan fingerprint density at radius 3 is 1.26 bits per heavy atom. The number of rotatable bonds is 55. The first-order valence-electron chi connectivity index (χ1n) is 30.0. The second-order valence-electron chi connectivity index (χ2n) is 21.7. The Kier molecular flexibility index (Phi) is 51.2. The van der Waals surface area contributed by atoms with Gasteiger partial charge in [0.2, 0.25) is 5.91 Å². The molecule has 3 N–H and O–H groups in total. The van der Waals surface area contributed by atoms with Crippen molar-refractivity contribution in [3.8, 4) is 0 Å². The van der Waals surface area contributed by atoms with E-state index in [4.69, 9.17) is 9.05 Å². The molecular formula is C61H118N2O6P+. The van der Waals surface area contributed by atoms with Gasteiger partial charge in [0, 0.05) is 6.42 Å². The Morgan fingerprint density at radius 2 is 0.857 bits per heavy atom. The van der Waals surface area contributed by atoms with Crippen molar-refractivity contribution in [2.75, 3.05) is 40.9 Å². The second kappa shape index (κ2) is 52.3. The molecule has 8 nitrogen and oxygen atoms in total. The van der Waals surface area contributed by atoms with Crippen LogP contribution in [0.25, 0.3) is 0 Å². The maximum atomic E-state index is 12.9. The number of allylic oxidation sites excluding steroid dienone is 8. The molecule has 0 saturated carbocycles. The van der Waals surface area contributed by atoms with Crippen LogP contribution >= 0.6 is 7.82 Å². The monoisotopic (exact) mass is 1010 g/mol. The summed E-state index contributed by atoms with van der Waals surface area (Å²) in [6.45, 7) is 4.74. The van der Waals surface area contributed by atoms with Gasteiger partial charge in [0.1, 0.15) is 13.2 Å². The minimum atomic E-state index is -4.31. The lowest BCUT2D eigenvalue weighted by Crippen LogP contribution is -2.46. The highest BCUT2D eigenvalue weighted by atomic mass is 31.2. The number of nitrogens with zero attached hydrogens (tertiary/aromatic N) is 1. The molecule has 0 aromatic rings. The maximum Gasteiger partial charge on any atom is 0.472 e. The molecule has 3 atom stereocenters. The number of carbonyl (C=O) groups is 1. The molecule has 70 heavy (non-hydrogen) atoms. The number of aliphatic hydroxyl groups excluding tert-OH is 1. The van der Waals surface area contributed by atoms with Gasteiger partial charge in [-0.1, -0.05) is 274 Å². The van der Waals surface area contributed by atoms with Gasteiger partial charge in [-0.25, -0.2) is 4.57 Å². The summed E-state index contributed by atoms with van der Waals surface area (Å²) in [6, 6.07) is -0.755. The molecule has 0 aliphatic heterocycles. The number of amides is 1. The lowest BCUT2D eigenvalue weighted by Gasteiger charge is -2.26. The molecule has 0 radical (unpaired) electrons. The van der Waals surface area contributed by atoms with Crippen molar-refractivity contribution >= 4 is 13.7 Å². The number of aliphatic hydroxyl groups is 1. The second-order valence-corrected chi connectivity index (χ2v) is 23.2. The normalized spacial score (nSPS) is 14.2. The largest absolute Gasteiger partial charge is 0.472 e. The topological polar surface area (TPSA) is 105 Å². The third-order valence-electron chi connectivity index (χ3n) is 13.6. The van der Waals surface area contributed by atoms with Crippen LogP contribution in [-0.4, -0.2) is 73.4 Å². The zero-order valence-electron chi connectivity index (χ0n) is 47.0. The Balaban J connectivity index is 3.69. The predicted molar refractivity (Wildman–Crippen MR) is 304 cm³/mol. The summed E-state index contributed by atoms with van der Waals surface area (Å²) in [4.78, 5) is 23.1. The molecule has 1 amide bonds. The van der Waals surface area contributed by atoms with Crippen molar-refractivity contribution in [3.05, 3.63) is 48.6 Å². The van der Waals surface area contributed by atoms with Crippen LogP contribution in [0.15, 0.2) is 48.6 Å². The zero-order valence-corrected chi connectivity index (χ0v) is 47.9. The molecule has 0 saturated heterocycles.